The van der Waals surface area contributed by atoms with Crippen molar-refractivity contribution in [2.24, 2.45) is 0 Å². The van der Waals surface area contributed by atoms with Gasteiger partial charge in [-0.1, -0.05) is 36.4 Å². The first-order valence-electron chi connectivity index (χ1n) is 8.93. The zero-order chi connectivity index (χ0) is 19.6. The molecule has 5 nitrogen and oxygen atoms in total. The van der Waals surface area contributed by atoms with Crippen LogP contribution in [0.25, 0.3) is 11.3 Å². The molecule has 0 bridgehead atoms. The van der Waals surface area contributed by atoms with Crippen molar-refractivity contribution in [3.05, 3.63) is 66.4 Å². The number of benzene rings is 2. The number of rotatable bonds is 3. The molecule has 0 atom stereocenters. The molecule has 8 heteroatoms. The van der Waals surface area contributed by atoms with Gasteiger partial charge in [0.1, 0.15) is 0 Å². The van der Waals surface area contributed by atoms with Crippen molar-refractivity contribution in [1.29, 1.82) is 0 Å². The van der Waals surface area contributed by atoms with E-state index in [1.807, 2.05) is 40.1 Å². The van der Waals surface area contributed by atoms with E-state index in [-0.39, 0.29) is 0 Å². The number of nitrogens with zero attached hydrogens (tertiary/aromatic N) is 5. The lowest BCUT2D eigenvalue weighted by Gasteiger charge is -2.36. The van der Waals surface area contributed by atoms with Gasteiger partial charge >= 0.3 is 6.18 Å². The van der Waals surface area contributed by atoms with Crippen LogP contribution in [0, 0.1) is 0 Å². The molecule has 144 valence electrons. The highest BCUT2D eigenvalue weighted by Crippen LogP contribution is 2.32. The molecule has 0 unspecified atom stereocenters. The van der Waals surface area contributed by atoms with Crippen molar-refractivity contribution in [1.82, 2.24) is 15.2 Å². The molecule has 28 heavy (non-hydrogen) atoms. The van der Waals surface area contributed by atoms with Gasteiger partial charge in [0.15, 0.2) is 0 Å². The first kappa shape index (κ1) is 18.2. The summed E-state index contributed by atoms with van der Waals surface area (Å²) >= 11 is 0. The van der Waals surface area contributed by atoms with E-state index in [9.17, 15) is 13.2 Å². The molecule has 0 radical (unpaired) electrons. The Morgan fingerprint density at radius 1 is 0.821 bits per heavy atom. The van der Waals surface area contributed by atoms with Crippen LogP contribution in [0.3, 0.4) is 0 Å². The lowest BCUT2D eigenvalue weighted by Crippen LogP contribution is -2.47. The largest absolute Gasteiger partial charge is 0.416 e. The molecular weight excluding hydrogens is 367 g/mol. The van der Waals surface area contributed by atoms with Crippen LogP contribution >= 0.6 is 0 Å². The molecule has 4 rings (SSSR count). The monoisotopic (exact) mass is 385 g/mol. The third-order valence-corrected chi connectivity index (χ3v) is 4.72. The van der Waals surface area contributed by atoms with Crippen LogP contribution in [0.15, 0.2) is 60.8 Å². The van der Waals surface area contributed by atoms with E-state index in [0.29, 0.717) is 37.8 Å². The fraction of sp³-hybridized carbons (Fsp3) is 0.250. The van der Waals surface area contributed by atoms with Gasteiger partial charge in [-0.2, -0.15) is 18.3 Å². The normalized spacial score (nSPS) is 15.0. The second kappa shape index (κ2) is 7.46. The molecule has 0 N–H and O–H groups in total. The van der Waals surface area contributed by atoms with Gasteiger partial charge in [-0.15, -0.1) is 5.10 Å². The van der Waals surface area contributed by atoms with Gasteiger partial charge in [0.05, 0.1) is 17.5 Å². The molecule has 0 saturated carbocycles. The molecular formula is C20H18F3N5. The Hall–Kier alpha value is -3.16. The smallest absolute Gasteiger partial charge is 0.368 e. The van der Waals surface area contributed by atoms with Crippen molar-refractivity contribution < 1.29 is 13.2 Å². The van der Waals surface area contributed by atoms with E-state index >= 15 is 0 Å². The maximum absolute atomic E-state index is 12.9. The van der Waals surface area contributed by atoms with Gasteiger partial charge in [0, 0.05) is 37.4 Å². The van der Waals surface area contributed by atoms with Crippen LogP contribution in [0.5, 0.6) is 0 Å². The number of aromatic nitrogens is 3. The summed E-state index contributed by atoms with van der Waals surface area (Å²) in [5.41, 5.74) is 1.65. The molecule has 1 aliphatic heterocycles. The second-order valence-electron chi connectivity index (χ2n) is 6.53. The van der Waals surface area contributed by atoms with Crippen LogP contribution in [-0.4, -0.2) is 41.4 Å². The lowest BCUT2D eigenvalue weighted by atomic mass is 10.1. The minimum Gasteiger partial charge on any atom is -0.368 e. The summed E-state index contributed by atoms with van der Waals surface area (Å²) in [5, 5.41) is 8.19. The number of piperazine rings is 1. The minimum atomic E-state index is -4.34. The predicted molar refractivity (Wildman–Crippen MR) is 101 cm³/mol. The predicted octanol–water partition coefficient (Wildman–Crippen LogP) is 3.88. The topological polar surface area (TPSA) is 45.2 Å². The number of alkyl halides is 3. The van der Waals surface area contributed by atoms with Crippen LogP contribution in [0.4, 0.5) is 24.8 Å². The number of halogens is 3. The van der Waals surface area contributed by atoms with Crippen molar-refractivity contribution >= 4 is 11.6 Å². The van der Waals surface area contributed by atoms with Crippen molar-refractivity contribution in [2.45, 2.75) is 6.18 Å². The van der Waals surface area contributed by atoms with E-state index in [4.69, 9.17) is 0 Å². The van der Waals surface area contributed by atoms with Gasteiger partial charge in [0.2, 0.25) is 5.95 Å². The third-order valence-electron chi connectivity index (χ3n) is 4.72. The van der Waals surface area contributed by atoms with Crippen LogP contribution in [0.1, 0.15) is 5.56 Å². The fourth-order valence-electron chi connectivity index (χ4n) is 3.22. The fourth-order valence-corrected chi connectivity index (χ4v) is 3.22. The van der Waals surface area contributed by atoms with E-state index in [0.717, 1.165) is 17.3 Å². The van der Waals surface area contributed by atoms with E-state index in [2.05, 4.69) is 15.2 Å². The van der Waals surface area contributed by atoms with Crippen molar-refractivity contribution in [3.63, 3.8) is 0 Å². The molecule has 1 aromatic heterocycles. The van der Waals surface area contributed by atoms with E-state index < -0.39 is 11.7 Å². The van der Waals surface area contributed by atoms with Gasteiger partial charge in [-0.25, -0.2) is 4.98 Å². The average molecular weight is 385 g/mol. The van der Waals surface area contributed by atoms with Gasteiger partial charge < -0.3 is 9.80 Å². The molecule has 1 fully saturated rings. The summed E-state index contributed by atoms with van der Waals surface area (Å²) in [6.07, 6.45) is -2.72. The van der Waals surface area contributed by atoms with Crippen LogP contribution < -0.4 is 9.80 Å². The Bertz CT molecular complexity index is 938. The summed E-state index contributed by atoms with van der Waals surface area (Å²) in [5.74, 6) is 0.532. The summed E-state index contributed by atoms with van der Waals surface area (Å²) in [6, 6.07) is 15.2. The van der Waals surface area contributed by atoms with Gasteiger partial charge in [-0.05, 0) is 18.2 Å². The highest BCUT2D eigenvalue weighted by atomic mass is 19.4. The van der Waals surface area contributed by atoms with Gasteiger partial charge in [0.25, 0.3) is 0 Å². The molecule has 1 aliphatic rings. The Morgan fingerprint density at radius 2 is 1.54 bits per heavy atom. The molecule has 0 aliphatic carbocycles. The minimum absolute atomic E-state index is 0.532. The summed E-state index contributed by atoms with van der Waals surface area (Å²) in [4.78, 5) is 8.54. The first-order valence-corrected chi connectivity index (χ1v) is 8.93. The zero-order valence-corrected chi connectivity index (χ0v) is 15.0. The summed E-state index contributed by atoms with van der Waals surface area (Å²) in [6.45, 7) is 2.38. The molecule has 1 saturated heterocycles. The Balaban J connectivity index is 1.46. The molecule has 2 aromatic carbocycles. The lowest BCUT2D eigenvalue weighted by molar-refractivity contribution is -0.137. The first-order chi connectivity index (χ1) is 13.5. The van der Waals surface area contributed by atoms with Crippen molar-refractivity contribution in [3.8, 4) is 11.3 Å². The van der Waals surface area contributed by atoms with E-state index in [1.165, 1.54) is 12.1 Å². The van der Waals surface area contributed by atoms with E-state index in [1.54, 1.807) is 12.3 Å². The number of hydrogen-bond acceptors (Lipinski definition) is 5. The van der Waals surface area contributed by atoms with Crippen LogP contribution in [0.2, 0.25) is 0 Å². The number of anilines is 2. The van der Waals surface area contributed by atoms with Crippen LogP contribution in [-0.2, 0) is 6.18 Å². The highest BCUT2D eigenvalue weighted by molar-refractivity contribution is 5.59. The Kier molecular flexibility index (Phi) is 4.85. The summed E-state index contributed by atoms with van der Waals surface area (Å²) in [7, 11) is 0. The standard InChI is InChI=1S/C20H18F3N5/c21-20(22,23)16-7-4-8-17(13-16)27-9-11-28(12-10-27)19-25-18(14-24-26-19)15-5-2-1-3-6-15/h1-8,13-14H,9-12H2. The quantitative estimate of drug-likeness (QED) is 0.685. The summed E-state index contributed by atoms with van der Waals surface area (Å²) < 4.78 is 38.8. The Morgan fingerprint density at radius 3 is 2.25 bits per heavy atom. The molecule has 2 heterocycles. The highest BCUT2D eigenvalue weighted by Gasteiger charge is 2.31. The second-order valence-corrected chi connectivity index (χ2v) is 6.53. The average Bonchev–Trinajstić information content (AvgIpc) is 2.74. The molecule has 3 aromatic rings. The van der Waals surface area contributed by atoms with Crippen molar-refractivity contribution in [2.75, 3.05) is 36.0 Å². The van der Waals surface area contributed by atoms with Gasteiger partial charge in [-0.3, -0.25) is 0 Å². The number of hydrogen-bond donors (Lipinski definition) is 0. The Labute approximate surface area is 160 Å². The third kappa shape index (κ3) is 3.90. The maximum atomic E-state index is 12.9. The zero-order valence-electron chi connectivity index (χ0n) is 15.0. The molecule has 0 spiro atoms. The maximum Gasteiger partial charge on any atom is 0.416 e. The SMILES string of the molecule is FC(F)(F)c1cccc(N2CCN(c3nncc(-c4ccccc4)n3)CC2)c1. The molecule has 0 amide bonds.